The number of rotatable bonds is 4. The number of hydrogen-bond donors (Lipinski definition) is 0. The standard InChI is InChI=1S/C33H24S/c1-23-12-10-21-28(25-15-6-3-7-16-25)31(23)33-30-20-9-8-19-29(30)32(34-33)27-18-11-17-26(22-27)24-13-4-2-5-14-24/h2-22H,1H3. The molecule has 0 N–H and O–H groups in total. The first-order chi connectivity index (χ1) is 16.8. The summed E-state index contributed by atoms with van der Waals surface area (Å²) in [5, 5.41) is 2.63. The summed E-state index contributed by atoms with van der Waals surface area (Å²) in [5.41, 5.74) is 8.94. The largest absolute Gasteiger partial charge is 0.134 e. The summed E-state index contributed by atoms with van der Waals surface area (Å²) in [6, 6.07) is 45.8. The van der Waals surface area contributed by atoms with E-state index < -0.39 is 0 Å². The van der Waals surface area contributed by atoms with E-state index in [1.54, 1.807) is 0 Å². The quantitative estimate of drug-likeness (QED) is 0.250. The fraction of sp³-hybridized carbons (Fsp3) is 0.0303. The second-order valence-corrected chi connectivity index (χ2v) is 9.64. The molecule has 0 saturated carbocycles. The maximum absolute atomic E-state index is 2.33. The molecule has 0 saturated heterocycles. The predicted octanol–water partition coefficient (Wildman–Crippen LogP) is 9.88. The van der Waals surface area contributed by atoms with Gasteiger partial charge in [-0.2, -0.15) is 0 Å². The molecule has 0 fully saturated rings. The molecule has 0 bridgehead atoms. The van der Waals surface area contributed by atoms with Crippen LogP contribution in [0.1, 0.15) is 5.56 Å². The molecule has 1 heterocycles. The van der Waals surface area contributed by atoms with Crippen LogP contribution in [0.4, 0.5) is 0 Å². The molecule has 0 nitrogen and oxygen atoms in total. The zero-order valence-electron chi connectivity index (χ0n) is 19.0. The molecule has 34 heavy (non-hydrogen) atoms. The summed E-state index contributed by atoms with van der Waals surface area (Å²) in [6.45, 7) is 2.23. The van der Waals surface area contributed by atoms with Crippen LogP contribution in [0.2, 0.25) is 0 Å². The van der Waals surface area contributed by atoms with E-state index in [0.29, 0.717) is 0 Å². The molecular formula is C33H24S. The van der Waals surface area contributed by atoms with Gasteiger partial charge < -0.3 is 0 Å². The van der Waals surface area contributed by atoms with Crippen molar-refractivity contribution in [3.8, 4) is 43.1 Å². The minimum absolute atomic E-state index is 1.25. The Morgan fingerprint density at radius 2 is 1.00 bits per heavy atom. The average molecular weight is 453 g/mol. The summed E-state index contributed by atoms with van der Waals surface area (Å²) < 4.78 is 0. The molecule has 1 heteroatoms. The van der Waals surface area contributed by atoms with E-state index >= 15 is 0 Å². The average Bonchev–Trinajstić information content (AvgIpc) is 3.29. The summed E-state index contributed by atoms with van der Waals surface area (Å²) in [6.07, 6.45) is 0. The van der Waals surface area contributed by atoms with E-state index in [1.165, 1.54) is 59.5 Å². The van der Waals surface area contributed by atoms with Gasteiger partial charge in [0.25, 0.3) is 0 Å². The second-order valence-electron chi connectivity index (χ2n) is 8.62. The van der Waals surface area contributed by atoms with Crippen LogP contribution < -0.4 is 0 Å². The molecule has 162 valence electrons. The first kappa shape index (κ1) is 20.7. The molecule has 0 radical (unpaired) electrons. The van der Waals surface area contributed by atoms with Gasteiger partial charge in [-0.1, -0.05) is 121 Å². The lowest BCUT2D eigenvalue weighted by molar-refractivity contribution is 1.47. The lowest BCUT2D eigenvalue weighted by atomic mass is 9.93. The van der Waals surface area contributed by atoms with Crippen molar-refractivity contribution in [1.82, 2.24) is 0 Å². The SMILES string of the molecule is Cc1cccc(-c2ccccc2)c1-c1sc(-c2cccc(-c3ccccc3)c2)c2ccccc12. The summed E-state index contributed by atoms with van der Waals surface area (Å²) in [5.74, 6) is 0. The zero-order chi connectivity index (χ0) is 22.9. The van der Waals surface area contributed by atoms with E-state index in [1.807, 2.05) is 11.3 Å². The smallest absolute Gasteiger partial charge is 0.0436 e. The Morgan fingerprint density at radius 3 is 1.74 bits per heavy atom. The molecule has 0 aliphatic carbocycles. The third-order valence-corrected chi connectivity index (χ3v) is 7.72. The van der Waals surface area contributed by atoms with E-state index in [2.05, 4.69) is 134 Å². The fourth-order valence-corrected chi connectivity index (χ4v) is 6.19. The van der Waals surface area contributed by atoms with Gasteiger partial charge in [-0.15, -0.1) is 11.3 Å². The van der Waals surface area contributed by atoms with Gasteiger partial charge >= 0.3 is 0 Å². The first-order valence-electron chi connectivity index (χ1n) is 11.6. The molecule has 1 aromatic heterocycles. The highest BCUT2D eigenvalue weighted by Crippen LogP contribution is 2.48. The van der Waals surface area contributed by atoms with Gasteiger partial charge in [0.1, 0.15) is 0 Å². The van der Waals surface area contributed by atoms with Gasteiger partial charge in [-0.3, -0.25) is 0 Å². The van der Waals surface area contributed by atoms with Crippen molar-refractivity contribution in [1.29, 1.82) is 0 Å². The summed E-state index contributed by atoms with van der Waals surface area (Å²) >= 11 is 1.91. The highest BCUT2D eigenvalue weighted by molar-refractivity contribution is 7.21. The van der Waals surface area contributed by atoms with Gasteiger partial charge in [-0.05, 0) is 46.4 Å². The topological polar surface area (TPSA) is 0 Å². The highest BCUT2D eigenvalue weighted by Gasteiger charge is 2.18. The van der Waals surface area contributed by atoms with E-state index in [4.69, 9.17) is 0 Å². The van der Waals surface area contributed by atoms with Crippen LogP contribution in [0.3, 0.4) is 0 Å². The Hall–Kier alpha value is -3.94. The van der Waals surface area contributed by atoms with E-state index in [-0.39, 0.29) is 0 Å². The normalized spacial score (nSPS) is 11.1. The second kappa shape index (κ2) is 8.78. The lowest BCUT2D eigenvalue weighted by Crippen LogP contribution is -1.87. The lowest BCUT2D eigenvalue weighted by Gasteiger charge is -2.12. The molecule has 6 aromatic rings. The Morgan fingerprint density at radius 1 is 0.441 bits per heavy atom. The predicted molar refractivity (Wildman–Crippen MR) is 148 cm³/mol. The van der Waals surface area contributed by atoms with Crippen molar-refractivity contribution in [3.63, 3.8) is 0 Å². The molecule has 0 aliphatic heterocycles. The van der Waals surface area contributed by atoms with E-state index in [0.717, 1.165) is 0 Å². The van der Waals surface area contributed by atoms with Gasteiger partial charge in [0.2, 0.25) is 0 Å². The van der Waals surface area contributed by atoms with Crippen molar-refractivity contribution in [3.05, 3.63) is 133 Å². The Bertz CT molecular complexity index is 1590. The summed E-state index contributed by atoms with van der Waals surface area (Å²) in [7, 11) is 0. The number of aryl methyl sites for hydroxylation is 1. The number of thiophene rings is 1. The third-order valence-electron chi connectivity index (χ3n) is 6.44. The van der Waals surface area contributed by atoms with Crippen molar-refractivity contribution in [2.45, 2.75) is 6.92 Å². The minimum Gasteiger partial charge on any atom is -0.134 e. The van der Waals surface area contributed by atoms with Crippen molar-refractivity contribution in [2.24, 2.45) is 0 Å². The van der Waals surface area contributed by atoms with Crippen LogP contribution in [-0.4, -0.2) is 0 Å². The maximum atomic E-state index is 2.33. The Balaban J connectivity index is 1.58. The van der Waals surface area contributed by atoms with Crippen LogP contribution in [-0.2, 0) is 0 Å². The minimum atomic E-state index is 1.25. The van der Waals surface area contributed by atoms with Gasteiger partial charge in [0.15, 0.2) is 0 Å². The molecule has 0 aliphatic rings. The highest BCUT2D eigenvalue weighted by atomic mass is 32.1. The molecule has 0 atom stereocenters. The first-order valence-corrected chi connectivity index (χ1v) is 12.4. The third kappa shape index (κ3) is 3.65. The van der Waals surface area contributed by atoms with Crippen LogP contribution in [0, 0.1) is 6.92 Å². The van der Waals surface area contributed by atoms with Gasteiger partial charge in [0, 0.05) is 26.1 Å². The van der Waals surface area contributed by atoms with Crippen molar-refractivity contribution in [2.75, 3.05) is 0 Å². The molecule has 0 unspecified atom stereocenters. The Kier molecular flexibility index (Phi) is 5.33. The van der Waals surface area contributed by atoms with Crippen molar-refractivity contribution >= 4 is 22.1 Å². The summed E-state index contributed by atoms with van der Waals surface area (Å²) in [4.78, 5) is 2.67. The van der Waals surface area contributed by atoms with Crippen molar-refractivity contribution < 1.29 is 0 Å². The number of benzene rings is 5. The number of fused-ring (bicyclic) bond motifs is 1. The molecular weight excluding hydrogens is 428 g/mol. The monoisotopic (exact) mass is 452 g/mol. The maximum Gasteiger partial charge on any atom is 0.0436 e. The molecule has 0 spiro atoms. The zero-order valence-corrected chi connectivity index (χ0v) is 19.8. The van der Waals surface area contributed by atoms with Crippen LogP contribution in [0.25, 0.3) is 53.9 Å². The number of hydrogen-bond acceptors (Lipinski definition) is 1. The van der Waals surface area contributed by atoms with Crippen LogP contribution in [0.5, 0.6) is 0 Å². The van der Waals surface area contributed by atoms with Crippen LogP contribution >= 0.6 is 11.3 Å². The van der Waals surface area contributed by atoms with Crippen LogP contribution in [0.15, 0.2) is 127 Å². The van der Waals surface area contributed by atoms with Gasteiger partial charge in [0.05, 0.1) is 0 Å². The Labute approximate surface area is 204 Å². The molecule has 0 amide bonds. The fourth-order valence-electron chi connectivity index (χ4n) is 4.79. The van der Waals surface area contributed by atoms with Gasteiger partial charge in [-0.25, -0.2) is 0 Å². The molecule has 6 rings (SSSR count). The molecule has 5 aromatic carbocycles. The van der Waals surface area contributed by atoms with E-state index in [9.17, 15) is 0 Å².